The molecule has 0 aromatic rings. The van der Waals surface area contributed by atoms with Crippen LogP contribution in [-0.2, 0) is 4.79 Å². The highest BCUT2D eigenvalue weighted by Gasteiger charge is 2.40. The van der Waals surface area contributed by atoms with Crippen LogP contribution in [0.15, 0.2) is 0 Å². The summed E-state index contributed by atoms with van der Waals surface area (Å²) in [6, 6.07) is 1.29. The average Bonchev–Trinajstić information content (AvgIpc) is 2.83. The summed E-state index contributed by atoms with van der Waals surface area (Å²) >= 11 is 0. The molecule has 1 N–H and O–H groups in total. The number of carbonyl (C=O) groups excluding carboxylic acids is 1. The van der Waals surface area contributed by atoms with Gasteiger partial charge in [0.2, 0.25) is 5.91 Å². The molecule has 4 atom stereocenters. The smallest absolute Gasteiger partial charge is 0.220 e. The molecule has 19 heavy (non-hydrogen) atoms. The second-order valence-corrected chi connectivity index (χ2v) is 7.42. The highest BCUT2D eigenvalue weighted by molar-refractivity contribution is 5.76. The molecule has 4 fully saturated rings. The monoisotopic (exact) mass is 262 g/mol. The normalized spacial score (nSPS) is 41.9. The van der Waals surface area contributed by atoms with Crippen LogP contribution >= 0.6 is 0 Å². The predicted molar refractivity (Wildman–Crippen MR) is 74.7 cm³/mol. The molecule has 1 aliphatic heterocycles. The van der Waals surface area contributed by atoms with Crippen molar-refractivity contribution >= 4 is 5.91 Å². The summed E-state index contributed by atoms with van der Waals surface area (Å²) in [5.74, 6) is 2.88. The molecule has 1 heterocycles. The van der Waals surface area contributed by atoms with Gasteiger partial charge in [-0.05, 0) is 56.3 Å². The third-order valence-electron chi connectivity index (χ3n) is 5.98. The zero-order valence-corrected chi connectivity index (χ0v) is 11.8. The summed E-state index contributed by atoms with van der Waals surface area (Å²) in [5, 5.41) is 3.30. The molecular weight excluding hydrogens is 236 g/mol. The summed E-state index contributed by atoms with van der Waals surface area (Å²) in [4.78, 5) is 14.8. The molecule has 1 amide bonds. The van der Waals surface area contributed by atoms with Crippen LogP contribution in [0.5, 0.6) is 0 Å². The minimum atomic E-state index is 0.334. The van der Waals surface area contributed by atoms with Gasteiger partial charge in [0, 0.05) is 31.6 Å². The zero-order valence-electron chi connectivity index (χ0n) is 11.8. The lowest BCUT2D eigenvalue weighted by atomic mass is 9.86. The number of rotatable bonds is 4. The maximum atomic E-state index is 12.2. The topological polar surface area (TPSA) is 32.3 Å². The van der Waals surface area contributed by atoms with Crippen LogP contribution in [0.4, 0.5) is 0 Å². The predicted octanol–water partition coefficient (Wildman–Crippen LogP) is 2.17. The molecule has 0 radical (unpaired) electrons. The van der Waals surface area contributed by atoms with Crippen molar-refractivity contribution in [2.75, 3.05) is 13.1 Å². The third-order valence-corrected chi connectivity index (χ3v) is 5.98. The van der Waals surface area contributed by atoms with Crippen molar-refractivity contribution in [1.82, 2.24) is 10.2 Å². The van der Waals surface area contributed by atoms with E-state index >= 15 is 0 Å². The molecule has 4 aliphatic rings. The van der Waals surface area contributed by atoms with E-state index in [9.17, 15) is 4.79 Å². The number of hydrogen-bond donors (Lipinski definition) is 1. The minimum Gasteiger partial charge on any atom is -0.352 e. The van der Waals surface area contributed by atoms with Crippen LogP contribution in [0.25, 0.3) is 0 Å². The first-order valence-electron chi connectivity index (χ1n) is 8.31. The summed E-state index contributed by atoms with van der Waals surface area (Å²) < 4.78 is 0. The standard InChI is InChI=1S/C16H26N2O/c19-16(9-13-8-11-1-2-12(13)7-11)17-14-5-6-18(10-14)15-3-4-15/h11-15H,1-10H2,(H,17,19)/t11-,12-,13+,14-/m0/s1. The third kappa shape index (κ3) is 2.54. The number of fused-ring (bicyclic) bond motifs is 2. The summed E-state index contributed by atoms with van der Waals surface area (Å²) in [6.45, 7) is 2.30. The van der Waals surface area contributed by atoms with E-state index in [1.807, 2.05) is 0 Å². The molecule has 3 saturated carbocycles. The fourth-order valence-electron chi connectivity index (χ4n) is 4.83. The lowest BCUT2D eigenvalue weighted by Crippen LogP contribution is -2.38. The number of likely N-dealkylation sites (tertiary alicyclic amines) is 1. The maximum absolute atomic E-state index is 12.2. The molecule has 106 valence electrons. The zero-order chi connectivity index (χ0) is 12.8. The Balaban J connectivity index is 1.23. The van der Waals surface area contributed by atoms with Crippen LogP contribution in [0, 0.1) is 17.8 Å². The van der Waals surface area contributed by atoms with Gasteiger partial charge >= 0.3 is 0 Å². The summed E-state index contributed by atoms with van der Waals surface area (Å²) in [7, 11) is 0. The highest BCUT2D eigenvalue weighted by atomic mass is 16.1. The molecule has 2 bridgehead atoms. The summed E-state index contributed by atoms with van der Waals surface area (Å²) in [5.41, 5.74) is 0. The lowest BCUT2D eigenvalue weighted by Gasteiger charge is -2.22. The minimum absolute atomic E-state index is 0.334. The van der Waals surface area contributed by atoms with Crippen molar-refractivity contribution < 1.29 is 4.79 Å². The Morgan fingerprint density at radius 1 is 1.11 bits per heavy atom. The number of nitrogens with zero attached hydrogens (tertiary/aromatic N) is 1. The van der Waals surface area contributed by atoms with Gasteiger partial charge in [0.15, 0.2) is 0 Å². The van der Waals surface area contributed by atoms with Crippen LogP contribution in [0.3, 0.4) is 0 Å². The van der Waals surface area contributed by atoms with Gasteiger partial charge in [0.25, 0.3) is 0 Å². The molecule has 1 saturated heterocycles. The van der Waals surface area contributed by atoms with Crippen LogP contribution < -0.4 is 5.32 Å². The Bertz CT molecular complexity index is 366. The van der Waals surface area contributed by atoms with Crippen molar-refractivity contribution in [2.24, 2.45) is 17.8 Å². The van der Waals surface area contributed by atoms with E-state index in [4.69, 9.17) is 0 Å². The van der Waals surface area contributed by atoms with Crippen molar-refractivity contribution in [2.45, 2.75) is 63.5 Å². The Morgan fingerprint density at radius 2 is 2.00 bits per heavy atom. The van der Waals surface area contributed by atoms with Gasteiger partial charge in [0.05, 0.1) is 0 Å². The van der Waals surface area contributed by atoms with Crippen LogP contribution in [0.2, 0.25) is 0 Å². The van der Waals surface area contributed by atoms with E-state index in [-0.39, 0.29) is 0 Å². The first-order valence-corrected chi connectivity index (χ1v) is 8.31. The Hall–Kier alpha value is -0.570. The first kappa shape index (κ1) is 12.2. The largest absolute Gasteiger partial charge is 0.352 e. The molecule has 3 aliphatic carbocycles. The van der Waals surface area contributed by atoms with Gasteiger partial charge in [-0.25, -0.2) is 0 Å². The van der Waals surface area contributed by atoms with E-state index < -0.39 is 0 Å². The van der Waals surface area contributed by atoms with Gasteiger partial charge in [-0.3, -0.25) is 9.69 Å². The Kier molecular flexibility index (Phi) is 3.06. The van der Waals surface area contributed by atoms with Gasteiger partial charge in [0.1, 0.15) is 0 Å². The van der Waals surface area contributed by atoms with Gasteiger partial charge in [-0.2, -0.15) is 0 Å². The molecule has 4 rings (SSSR count). The molecule has 0 spiro atoms. The number of amides is 1. The van der Waals surface area contributed by atoms with E-state index in [1.54, 1.807) is 0 Å². The van der Waals surface area contributed by atoms with Crippen molar-refractivity contribution in [1.29, 1.82) is 0 Å². The SMILES string of the molecule is O=C(C[C@H]1C[C@H]2CC[C@H]1C2)N[C@H]1CCN(C2CC2)C1. The van der Waals surface area contributed by atoms with E-state index in [0.717, 1.165) is 30.8 Å². The van der Waals surface area contributed by atoms with Gasteiger partial charge < -0.3 is 5.32 Å². The molecule has 0 aromatic carbocycles. The van der Waals surface area contributed by atoms with E-state index in [0.29, 0.717) is 17.9 Å². The number of carbonyl (C=O) groups is 1. The van der Waals surface area contributed by atoms with Crippen molar-refractivity contribution in [3.05, 3.63) is 0 Å². The number of nitrogens with one attached hydrogen (secondary N) is 1. The quantitative estimate of drug-likeness (QED) is 0.842. The van der Waals surface area contributed by atoms with Crippen molar-refractivity contribution in [3.8, 4) is 0 Å². The fourth-order valence-corrected chi connectivity index (χ4v) is 4.83. The highest BCUT2D eigenvalue weighted by Crippen LogP contribution is 2.49. The fraction of sp³-hybridized carbons (Fsp3) is 0.938. The lowest BCUT2D eigenvalue weighted by molar-refractivity contribution is -0.123. The Labute approximate surface area is 116 Å². The average molecular weight is 262 g/mol. The van der Waals surface area contributed by atoms with E-state index in [1.165, 1.54) is 51.5 Å². The van der Waals surface area contributed by atoms with Crippen LogP contribution in [0.1, 0.15) is 51.4 Å². The first-order chi connectivity index (χ1) is 9.28. The molecule has 0 unspecified atom stereocenters. The molecular formula is C16H26N2O. The summed E-state index contributed by atoms with van der Waals surface area (Å²) in [6.07, 6.45) is 10.3. The van der Waals surface area contributed by atoms with Gasteiger partial charge in [-0.1, -0.05) is 6.42 Å². The Morgan fingerprint density at radius 3 is 2.68 bits per heavy atom. The molecule has 3 nitrogen and oxygen atoms in total. The second-order valence-electron chi connectivity index (χ2n) is 7.42. The van der Waals surface area contributed by atoms with E-state index in [2.05, 4.69) is 10.2 Å². The van der Waals surface area contributed by atoms with Crippen molar-refractivity contribution in [3.63, 3.8) is 0 Å². The molecule has 0 aromatic heterocycles. The van der Waals surface area contributed by atoms with Gasteiger partial charge in [-0.15, -0.1) is 0 Å². The maximum Gasteiger partial charge on any atom is 0.220 e. The van der Waals surface area contributed by atoms with Crippen LogP contribution in [-0.4, -0.2) is 36.0 Å². The second kappa shape index (κ2) is 4.76. The molecule has 3 heteroatoms. The number of hydrogen-bond acceptors (Lipinski definition) is 2.